The molecular formula is C24H33ClN4O. The minimum Gasteiger partial charge on any atom is -0.338 e. The second-order valence-corrected chi connectivity index (χ2v) is 9.39. The number of nitrogens with zero attached hydrogens (tertiary/aromatic N) is 2. The van der Waals surface area contributed by atoms with Crippen LogP contribution in [-0.2, 0) is 6.42 Å². The van der Waals surface area contributed by atoms with Crippen LogP contribution < -0.4 is 5.32 Å². The number of aromatic amines is 1. The highest BCUT2D eigenvalue weighted by atomic mass is 35.5. The number of hydrogen-bond donors (Lipinski definition) is 2. The molecule has 1 saturated carbocycles. The van der Waals surface area contributed by atoms with Gasteiger partial charge in [-0.15, -0.1) is 12.4 Å². The molecule has 0 bridgehead atoms. The molecule has 1 amide bonds. The SMILES string of the molecule is Cl.O=C(c1cn[nH]c1C1CCCCC1)N1CC2CNCC2(CCc2ccccc2)C1. The molecule has 0 spiro atoms. The first-order valence-corrected chi connectivity index (χ1v) is 11.3. The van der Waals surface area contributed by atoms with E-state index >= 15 is 0 Å². The molecule has 3 heterocycles. The topological polar surface area (TPSA) is 61.0 Å². The van der Waals surface area contributed by atoms with Gasteiger partial charge in [-0.25, -0.2) is 0 Å². The standard InChI is InChI=1S/C24H32N4O.ClH/c29-23(21-14-26-27-22(21)19-9-5-2-6-10-19)28-15-20-13-25-16-24(20,17-28)12-11-18-7-3-1-4-8-18;/h1,3-4,7-8,14,19-20,25H,2,5-6,9-13,15-17H2,(H,26,27);1H. The number of nitrogens with one attached hydrogen (secondary N) is 2. The Morgan fingerprint density at radius 2 is 1.97 bits per heavy atom. The van der Waals surface area contributed by atoms with E-state index in [1.807, 2.05) is 0 Å². The summed E-state index contributed by atoms with van der Waals surface area (Å²) in [7, 11) is 0. The monoisotopic (exact) mass is 428 g/mol. The fraction of sp³-hybridized carbons (Fsp3) is 0.583. The second-order valence-electron chi connectivity index (χ2n) is 9.39. The van der Waals surface area contributed by atoms with Crippen molar-refractivity contribution >= 4 is 18.3 Å². The van der Waals surface area contributed by atoms with Crippen LogP contribution in [0.1, 0.15) is 66.1 Å². The summed E-state index contributed by atoms with van der Waals surface area (Å²) in [5, 5.41) is 11.0. The molecule has 2 unspecified atom stereocenters. The molecule has 30 heavy (non-hydrogen) atoms. The zero-order chi connectivity index (χ0) is 19.7. The molecule has 1 aromatic carbocycles. The van der Waals surface area contributed by atoms with E-state index < -0.39 is 0 Å². The quantitative estimate of drug-likeness (QED) is 0.751. The summed E-state index contributed by atoms with van der Waals surface area (Å²) in [5.41, 5.74) is 3.51. The first kappa shape index (κ1) is 21.4. The Balaban J connectivity index is 0.00000218. The van der Waals surface area contributed by atoms with Gasteiger partial charge in [0.25, 0.3) is 5.91 Å². The maximum Gasteiger partial charge on any atom is 0.257 e. The number of amides is 1. The van der Waals surface area contributed by atoms with Crippen LogP contribution in [0, 0.1) is 11.3 Å². The minimum absolute atomic E-state index is 0. The van der Waals surface area contributed by atoms with Gasteiger partial charge < -0.3 is 10.2 Å². The van der Waals surface area contributed by atoms with Gasteiger partial charge in [0.05, 0.1) is 17.5 Å². The van der Waals surface area contributed by atoms with Gasteiger partial charge in [-0.3, -0.25) is 9.89 Å². The first-order valence-electron chi connectivity index (χ1n) is 11.3. The van der Waals surface area contributed by atoms with Gasteiger partial charge in [0.1, 0.15) is 0 Å². The van der Waals surface area contributed by atoms with Gasteiger partial charge in [-0.2, -0.15) is 5.10 Å². The third-order valence-electron chi connectivity index (χ3n) is 7.63. The van der Waals surface area contributed by atoms with E-state index in [1.54, 1.807) is 6.20 Å². The molecule has 5 nitrogen and oxygen atoms in total. The average molecular weight is 429 g/mol. The largest absolute Gasteiger partial charge is 0.338 e. The predicted molar refractivity (Wildman–Crippen MR) is 121 cm³/mol. The zero-order valence-electron chi connectivity index (χ0n) is 17.6. The van der Waals surface area contributed by atoms with Crippen molar-refractivity contribution in [2.24, 2.45) is 11.3 Å². The van der Waals surface area contributed by atoms with Crippen molar-refractivity contribution in [2.45, 2.75) is 50.9 Å². The number of aryl methyl sites for hydroxylation is 1. The van der Waals surface area contributed by atoms with Gasteiger partial charge in [-0.05, 0) is 37.2 Å². The van der Waals surface area contributed by atoms with E-state index in [4.69, 9.17) is 0 Å². The van der Waals surface area contributed by atoms with Gasteiger partial charge in [-0.1, -0.05) is 49.6 Å². The molecule has 2 N–H and O–H groups in total. The number of likely N-dealkylation sites (tertiary alicyclic amines) is 1. The van der Waals surface area contributed by atoms with Crippen LogP contribution in [0.2, 0.25) is 0 Å². The highest BCUT2D eigenvalue weighted by molar-refractivity contribution is 5.95. The van der Waals surface area contributed by atoms with Crippen molar-refractivity contribution in [3.63, 3.8) is 0 Å². The fourth-order valence-corrected chi connectivity index (χ4v) is 5.91. The zero-order valence-corrected chi connectivity index (χ0v) is 18.4. The number of carbonyl (C=O) groups is 1. The summed E-state index contributed by atoms with van der Waals surface area (Å²) in [6.07, 6.45) is 10.2. The van der Waals surface area contributed by atoms with Crippen LogP contribution in [0.5, 0.6) is 0 Å². The number of fused-ring (bicyclic) bond motifs is 1. The Bertz CT molecular complexity index is 848. The molecule has 5 rings (SSSR count). The number of halogens is 1. The van der Waals surface area contributed by atoms with Gasteiger partial charge in [0.2, 0.25) is 0 Å². The van der Waals surface area contributed by atoms with Crippen molar-refractivity contribution in [3.8, 4) is 0 Å². The van der Waals surface area contributed by atoms with Crippen molar-refractivity contribution in [1.29, 1.82) is 0 Å². The molecule has 162 valence electrons. The van der Waals surface area contributed by atoms with Crippen LogP contribution >= 0.6 is 12.4 Å². The Labute approximate surface area is 185 Å². The molecule has 2 saturated heterocycles. The minimum atomic E-state index is 0. The lowest BCUT2D eigenvalue weighted by Gasteiger charge is -2.28. The number of aromatic nitrogens is 2. The van der Waals surface area contributed by atoms with Crippen molar-refractivity contribution in [2.75, 3.05) is 26.2 Å². The van der Waals surface area contributed by atoms with Crippen molar-refractivity contribution in [1.82, 2.24) is 20.4 Å². The van der Waals surface area contributed by atoms with E-state index in [9.17, 15) is 4.79 Å². The van der Waals surface area contributed by atoms with E-state index in [-0.39, 0.29) is 23.7 Å². The van der Waals surface area contributed by atoms with Crippen molar-refractivity contribution < 1.29 is 4.79 Å². The maximum absolute atomic E-state index is 13.5. The highest BCUT2D eigenvalue weighted by Crippen LogP contribution is 2.43. The van der Waals surface area contributed by atoms with E-state index in [0.717, 1.165) is 50.3 Å². The third kappa shape index (κ3) is 4.02. The second kappa shape index (κ2) is 9.11. The first-order chi connectivity index (χ1) is 14.3. The van der Waals surface area contributed by atoms with Gasteiger partial charge >= 0.3 is 0 Å². The Morgan fingerprint density at radius 3 is 2.77 bits per heavy atom. The van der Waals surface area contributed by atoms with Crippen LogP contribution in [0.3, 0.4) is 0 Å². The molecule has 2 atom stereocenters. The molecule has 6 heteroatoms. The summed E-state index contributed by atoms with van der Waals surface area (Å²) in [6, 6.07) is 10.7. The fourth-order valence-electron chi connectivity index (χ4n) is 5.91. The van der Waals surface area contributed by atoms with Crippen LogP contribution in [0.25, 0.3) is 0 Å². The Morgan fingerprint density at radius 1 is 1.17 bits per heavy atom. The normalized spacial score (nSPS) is 26.4. The number of hydrogen-bond acceptors (Lipinski definition) is 3. The number of rotatable bonds is 5. The maximum atomic E-state index is 13.5. The molecule has 2 aromatic rings. The molecule has 1 aromatic heterocycles. The van der Waals surface area contributed by atoms with Crippen LogP contribution in [0.4, 0.5) is 0 Å². The Hall–Kier alpha value is -1.85. The highest BCUT2D eigenvalue weighted by Gasteiger charge is 2.50. The van der Waals surface area contributed by atoms with Gasteiger partial charge in [0, 0.05) is 37.5 Å². The van der Waals surface area contributed by atoms with E-state index in [0.29, 0.717) is 11.8 Å². The van der Waals surface area contributed by atoms with Crippen molar-refractivity contribution in [3.05, 3.63) is 53.3 Å². The smallest absolute Gasteiger partial charge is 0.257 e. The van der Waals surface area contributed by atoms with Gasteiger partial charge in [0.15, 0.2) is 0 Å². The van der Waals surface area contributed by atoms with E-state index in [2.05, 4.69) is 50.7 Å². The lowest BCUT2D eigenvalue weighted by molar-refractivity contribution is 0.0767. The lowest BCUT2D eigenvalue weighted by Crippen LogP contribution is -2.36. The summed E-state index contributed by atoms with van der Waals surface area (Å²) in [6.45, 7) is 3.79. The molecule has 1 aliphatic carbocycles. The molecular weight excluding hydrogens is 396 g/mol. The summed E-state index contributed by atoms with van der Waals surface area (Å²) in [5.74, 6) is 1.22. The molecule has 2 aliphatic heterocycles. The summed E-state index contributed by atoms with van der Waals surface area (Å²) < 4.78 is 0. The molecule has 3 aliphatic rings. The predicted octanol–water partition coefficient (Wildman–Crippen LogP) is 4.17. The number of carbonyl (C=O) groups excluding carboxylic acids is 1. The average Bonchev–Trinajstić information content (AvgIpc) is 3.47. The molecule has 3 fully saturated rings. The van der Waals surface area contributed by atoms with Crippen LogP contribution in [-0.4, -0.2) is 47.2 Å². The van der Waals surface area contributed by atoms with E-state index in [1.165, 1.54) is 37.7 Å². The lowest BCUT2D eigenvalue weighted by atomic mass is 9.76. The van der Waals surface area contributed by atoms with Crippen LogP contribution in [0.15, 0.2) is 36.5 Å². The molecule has 0 radical (unpaired) electrons. The third-order valence-corrected chi connectivity index (χ3v) is 7.63. The Kier molecular flexibility index (Phi) is 6.49. The number of H-pyrrole nitrogens is 1. The summed E-state index contributed by atoms with van der Waals surface area (Å²) >= 11 is 0. The number of benzene rings is 1. The summed E-state index contributed by atoms with van der Waals surface area (Å²) in [4.78, 5) is 15.6.